The van der Waals surface area contributed by atoms with Gasteiger partial charge < -0.3 is 5.32 Å². The van der Waals surface area contributed by atoms with Crippen molar-refractivity contribution in [3.05, 3.63) is 70.3 Å². The Bertz CT molecular complexity index is 1290. The normalized spacial score (nSPS) is 17.1. The number of halogens is 4. The topological polar surface area (TPSA) is 79.4 Å². The number of amides is 1. The fourth-order valence-corrected chi connectivity index (χ4v) is 7.01. The highest BCUT2D eigenvalue weighted by Crippen LogP contribution is 2.33. The largest absolute Gasteiger partial charge is 0.416 e. The van der Waals surface area contributed by atoms with Gasteiger partial charge in [0.2, 0.25) is 5.91 Å². The Kier molecular flexibility index (Phi) is 6.99. The molecule has 1 saturated heterocycles. The maximum atomic E-state index is 12.9. The first-order chi connectivity index (χ1) is 16.1. The number of carbonyl (C=O) groups is 1. The van der Waals surface area contributed by atoms with Crippen LogP contribution in [0.5, 0.6) is 0 Å². The van der Waals surface area contributed by atoms with Crippen molar-refractivity contribution in [1.29, 1.82) is 0 Å². The Balaban J connectivity index is 1.44. The number of hydrogen-bond donors (Lipinski definition) is 1. The molecule has 1 aliphatic heterocycles. The summed E-state index contributed by atoms with van der Waals surface area (Å²) in [6.07, 6.45) is -1.97. The summed E-state index contributed by atoms with van der Waals surface area (Å²) in [7, 11) is -3.84. The summed E-state index contributed by atoms with van der Waals surface area (Å²) in [4.78, 5) is 17.0. The summed E-state index contributed by atoms with van der Waals surface area (Å²) >= 11 is 6.81. The van der Waals surface area contributed by atoms with E-state index < -0.39 is 33.7 Å². The van der Waals surface area contributed by atoms with Gasteiger partial charge in [0.15, 0.2) is 0 Å². The van der Waals surface area contributed by atoms with Crippen molar-refractivity contribution in [3.8, 4) is 11.1 Å². The van der Waals surface area contributed by atoms with Gasteiger partial charge in [0.1, 0.15) is 10.3 Å². The number of benzene rings is 1. The van der Waals surface area contributed by atoms with Crippen molar-refractivity contribution in [2.75, 3.05) is 6.54 Å². The number of nitrogens with one attached hydrogen (secondary N) is 1. The molecule has 1 fully saturated rings. The minimum Gasteiger partial charge on any atom is -0.349 e. The van der Waals surface area contributed by atoms with E-state index in [1.54, 1.807) is 12.1 Å². The Hall–Kier alpha value is -2.47. The number of alkyl halides is 3. The predicted molar refractivity (Wildman–Crippen MR) is 123 cm³/mol. The van der Waals surface area contributed by atoms with Crippen molar-refractivity contribution in [2.45, 2.75) is 35.8 Å². The van der Waals surface area contributed by atoms with Crippen LogP contribution in [-0.4, -0.2) is 36.2 Å². The first kappa shape index (κ1) is 24.6. The quantitative estimate of drug-likeness (QED) is 0.490. The van der Waals surface area contributed by atoms with Crippen LogP contribution >= 0.6 is 22.9 Å². The summed E-state index contributed by atoms with van der Waals surface area (Å²) in [6.45, 7) is 0.278. The molecule has 0 saturated carbocycles. The van der Waals surface area contributed by atoms with Crippen LogP contribution in [0.1, 0.15) is 24.1 Å². The van der Waals surface area contributed by atoms with Gasteiger partial charge in [0, 0.05) is 12.7 Å². The minimum atomic E-state index is -4.41. The second-order valence-electron chi connectivity index (χ2n) is 7.66. The highest BCUT2D eigenvalue weighted by molar-refractivity contribution is 7.91. The van der Waals surface area contributed by atoms with Crippen molar-refractivity contribution >= 4 is 38.9 Å². The zero-order chi connectivity index (χ0) is 24.5. The van der Waals surface area contributed by atoms with Crippen LogP contribution in [0.2, 0.25) is 4.34 Å². The van der Waals surface area contributed by atoms with E-state index >= 15 is 0 Å². The zero-order valence-corrected chi connectivity index (χ0v) is 19.9. The van der Waals surface area contributed by atoms with Crippen LogP contribution in [0.15, 0.2) is 58.9 Å². The number of sulfonamides is 1. The fourth-order valence-electron chi connectivity index (χ4n) is 3.74. The highest BCUT2D eigenvalue weighted by atomic mass is 35.5. The van der Waals surface area contributed by atoms with Crippen LogP contribution in [-0.2, 0) is 27.5 Å². The van der Waals surface area contributed by atoms with Crippen molar-refractivity contribution in [3.63, 3.8) is 0 Å². The highest BCUT2D eigenvalue weighted by Gasteiger charge is 2.40. The van der Waals surface area contributed by atoms with E-state index in [0.717, 1.165) is 23.5 Å². The van der Waals surface area contributed by atoms with Crippen molar-refractivity contribution < 1.29 is 26.4 Å². The number of rotatable bonds is 6. The number of pyridine rings is 1. The average molecular weight is 530 g/mol. The molecular formula is C22H19ClF3N3O3S2. The van der Waals surface area contributed by atoms with E-state index in [9.17, 15) is 26.4 Å². The Morgan fingerprint density at radius 3 is 2.53 bits per heavy atom. The lowest BCUT2D eigenvalue weighted by atomic mass is 10.0. The minimum absolute atomic E-state index is 0.0442. The van der Waals surface area contributed by atoms with Crippen LogP contribution < -0.4 is 5.32 Å². The molecule has 2 aromatic heterocycles. The van der Waals surface area contributed by atoms with Gasteiger partial charge in [-0.25, -0.2) is 8.42 Å². The lowest BCUT2D eigenvalue weighted by Gasteiger charge is -2.22. The number of hydrogen-bond acceptors (Lipinski definition) is 5. The zero-order valence-electron chi connectivity index (χ0n) is 17.5. The molecule has 0 radical (unpaired) electrons. The molecule has 34 heavy (non-hydrogen) atoms. The Morgan fingerprint density at radius 2 is 1.88 bits per heavy atom. The number of thiophene rings is 1. The third-order valence-corrected chi connectivity index (χ3v) is 9.03. The number of nitrogens with zero attached hydrogens (tertiary/aromatic N) is 2. The molecule has 1 amide bonds. The van der Waals surface area contributed by atoms with Gasteiger partial charge in [0.05, 0.1) is 22.1 Å². The molecule has 1 aromatic carbocycles. The van der Waals surface area contributed by atoms with Gasteiger partial charge in [-0.1, -0.05) is 23.7 Å². The summed E-state index contributed by atoms with van der Waals surface area (Å²) in [5.41, 5.74) is 0.972. The first-order valence-corrected chi connectivity index (χ1v) is 12.9. The van der Waals surface area contributed by atoms with Crippen LogP contribution in [0.3, 0.4) is 0 Å². The second kappa shape index (κ2) is 9.65. The van der Waals surface area contributed by atoms with Crippen LogP contribution in [0.25, 0.3) is 11.1 Å². The monoisotopic (exact) mass is 529 g/mol. The predicted octanol–water partition coefficient (Wildman–Crippen LogP) is 4.95. The lowest BCUT2D eigenvalue weighted by molar-refractivity contribution is -0.137. The van der Waals surface area contributed by atoms with Crippen molar-refractivity contribution in [2.24, 2.45) is 0 Å². The molecule has 0 spiro atoms. The molecule has 1 aliphatic rings. The summed E-state index contributed by atoms with van der Waals surface area (Å²) in [6, 6.07) is 10.2. The molecule has 180 valence electrons. The molecule has 1 unspecified atom stereocenters. The Morgan fingerprint density at radius 1 is 1.15 bits per heavy atom. The lowest BCUT2D eigenvalue weighted by Crippen LogP contribution is -2.45. The van der Waals surface area contributed by atoms with Gasteiger partial charge in [-0.2, -0.15) is 17.5 Å². The molecule has 1 N–H and O–H groups in total. The third-order valence-electron chi connectivity index (χ3n) is 5.42. The SMILES string of the molecule is O=C(NCc1cc(-c2ccc(C(F)(F)F)cc2)ccn1)C1CCCN1S(=O)(=O)c1ccc(Cl)s1. The average Bonchev–Trinajstić information content (AvgIpc) is 3.47. The standard InChI is InChI=1S/C22H19ClF3N3O3S2/c23-19-7-8-20(33-19)34(31,32)29-11-1-2-18(29)21(30)28-13-17-12-15(9-10-27-17)14-3-5-16(6-4-14)22(24,25)26/h3-10,12,18H,1-2,11,13H2,(H,28,30). The number of aromatic nitrogens is 1. The molecule has 4 rings (SSSR count). The molecule has 3 aromatic rings. The van der Waals surface area contributed by atoms with Crippen LogP contribution in [0.4, 0.5) is 13.2 Å². The van der Waals surface area contributed by atoms with E-state index in [1.165, 1.54) is 34.8 Å². The maximum absolute atomic E-state index is 12.9. The van der Waals surface area contributed by atoms with Gasteiger partial charge in [-0.05, 0) is 60.4 Å². The molecule has 6 nitrogen and oxygen atoms in total. The molecule has 1 atom stereocenters. The molecule has 0 aliphatic carbocycles. The van der Waals surface area contributed by atoms with E-state index in [4.69, 9.17) is 11.6 Å². The number of carbonyl (C=O) groups excluding carboxylic acids is 1. The van der Waals surface area contributed by atoms with E-state index in [2.05, 4.69) is 10.3 Å². The summed E-state index contributed by atoms with van der Waals surface area (Å²) < 4.78 is 65.9. The van der Waals surface area contributed by atoms with Gasteiger partial charge >= 0.3 is 6.18 Å². The Labute approximate surface area is 203 Å². The fraction of sp³-hybridized carbons (Fsp3) is 0.273. The first-order valence-electron chi connectivity index (χ1n) is 10.2. The van der Waals surface area contributed by atoms with Gasteiger partial charge in [0.25, 0.3) is 10.0 Å². The maximum Gasteiger partial charge on any atom is 0.416 e. The van der Waals surface area contributed by atoms with E-state index in [1.807, 2.05) is 0 Å². The van der Waals surface area contributed by atoms with Crippen LogP contribution in [0, 0.1) is 0 Å². The summed E-state index contributed by atoms with van der Waals surface area (Å²) in [5, 5.41) is 2.73. The molecule has 3 heterocycles. The second-order valence-corrected chi connectivity index (χ2v) is 11.5. The van der Waals surface area contributed by atoms with E-state index in [0.29, 0.717) is 34.0 Å². The molecule has 12 heteroatoms. The van der Waals surface area contributed by atoms with E-state index in [-0.39, 0.29) is 17.3 Å². The summed E-state index contributed by atoms with van der Waals surface area (Å²) in [5.74, 6) is -0.439. The molecular weight excluding hydrogens is 511 g/mol. The smallest absolute Gasteiger partial charge is 0.349 e. The molecule has 0 bridgehead atoms. The van der Waals surface area contributed by atoms with Gasteiger partial charge in [-0.15, -0.1) is 11.3 Å². The van der Waals surface area contributed by atoms with Gasteiger partial charge in [-0.3, -0.25) is 9.78 Å². The third kappa shape index (κ3) is 5.27. The van der Waals surface area contributed by atoms with Crippen molar-refractivity contribution in [1.82, 2.24) is 14.6 Å².